The van der Waals surface area contributed by atoms with E-state index in [0.717, 1.165) is 20.7 Å². The van der Waals surface area contributed by atoms with Crippen LogP contribution in [0.15, 0.2) is 40.5 Å². The largest absolute Gasteiger partial charge is 0.360 e. The van der Waals surface area contributed by atoms with Crippen molar-refractivity contribution in [2.24, 2.45) is 0 Å². The minimum Gasteiger partial charge on any atom is -0.360 e. The zero-order valence-corrected chi connectivity index (χ0v) is 18.3. The van der Waals surface area contributed by atoms with Crippen LogP contribution in [0.2, 0.25) is 0 Å². The van der Waals surface area contributed by atoms with Crippen LogP contribution in [-0.4, -0.2) is 32.4 Å². The fraction of sp³-hybridized carbons (Fsp3) is 0.143. The molecule has 31 heavy (non-hydrogen) atoms. The second-order valence-electron chi connectivity index (χ2n) is 7.08. The van der Waals surface area contributed by atoms with E-state index < -0.39 is 0 Å². The van der Waals surface area contributed by atoms with Crippen molar-refractivity contribution in [2.45, 2.75) is 13.8 Å². The molecule has 0 aliphatic carbocycles. The first-order chi connectivity index (χ1) is 15.0. The van der Waals surface area contributed by atoms with E-state index in [9.17, 15) is 9.59 Å². The Hall–Kier alpha value is -3.50. The SMILES string of the molecule is Cc1sc2nc(-c3cccs3)nc(NCC(=O)Nc3ccc4[nH]c(=O)[nH]c4c3)c2c1C. The summed E-state index contributed by atoms with van der Waals surface area (Å²) in [5.74, 6) is 1.08. The summed E-state index contributed by atoms with van der Waals surface area (Å²) < 4.78 is 0. The van der Waals surface area contributed by atoms with Crippen molar-refractivity contribution in [1.29, 1.82) is 0 Å². The van der Waals surface area contributed by atoms with Crippen molar-refractivity contribution >= 4 is 61.3 Å². The average Bonchev–Trinajstić information content (AvgIpc) is 3.45. The van der Waals surface area contributed by atoms with Gasteiger partial charge in [0.2, 0.25) is 5.91 Å². The monoisotopic (exact) mass is 450 g/mol. The van der Waals surface area contributed by atoms with Crippen LogP contribution in [0.3, 0.4) is 0 Å². The molecule has 10 heteroatoms. The Bertz CT molecular complexity index is 1480. The number of aryl methyl sites for hydroxylation is 2. The number of benzene rings is 1. The number of amides is 1. The first-order valence-electron chi connectivity index (χ1n) is 9.55. The lowest BCUT2D eigenvalue weighted by Crippen LogP contribution is -2.22. The maximum atomic E-state index is 12.6. The molecule has 0 bridgehead atoms. The number of nitrogens with zero attached hydrogens (tertiary/aromatic N) is 2. The number of carbonyl (C=O) groups excluding carboxylic acids is 1. The van der Waals surface area contributed by atoms with Gasteiger partial charge in [0.05, 0.1) is 27.8 Å². The smallest absolute Gasteiger partial charge is 0.323 e. The third-order valence-electron chi connectivity index (χ3n) is 4.99. The quantitative estimate of drug-likeness (QED) is 0.319. The van der Waals surface area contributed by atoms with Crippen molar-refractivity contribution in [3.8, 4) is 10.7 Å². The number of nitrogens with one attached hydrogen (secondary N) is 4. The van der Waals surface area contributed by atoms with E-state index in [2.05, 4.69) is 27.5 Å². The van der Waals surface area contributed by atoms with E-state index in [4.69, 9.17) is 9.97 Å². The normalized spacial score (nSPS) is 11.3. The van der Waals surface area contributed by atoms with Crippen molar-refractivity contribution in [3.63, 3.8) is 0 Å². The highest BCUT2D eigenvalue weighted by atomic mass is 32.1. The minimum atomic E-state index is -0.282. The summed E-state index contributed by atoms with van der Waals surface area (Å²) in [6, 6.07) is 9.16. The number of H-pyrrole nitrogens is 2. The second-order valence-corrected chi connectivity index (χ2v) is 9.23. The Balaban J connectivity index is 1.40. The summed E-state index contributed by atoms with van der Waals surface area (Å²) >= 11 is 3.20. The molecule has 0 radical (unpaired) electrons. The second kappa shape index (κ2) is 7.64. The van der Waals surface area contributed by atoms with Gasteiger partial charge in [0, 0.05) is 10.6 Å². The van der Waals surface area contributed by atoms with Gasteiger partial charge in [-0.25, -0.2) is 14.8 Å². The average molecular weight is 451 g/mol. The van der Waals surface area contributed by atoms with Crippen LogP contribution >= 0.6 is 22.7 Å². The Morgan fingerprint density at radius 3 is 2.77 bits per heavy atom. The molecule has 0 spiro atoms. The highest BCUT2D eigenvalue weighted by Crippen LogP contribution is 2.35. The maximum absolute atomic E-state index is 12.6. The molecule has 5 rings (SSSR count). The molecule has 1 amide bonds. The summed E-state index contributed by atoms with van der Waals surface area (Å²) in [5.41, 5.74) is 2.76. The van der Waals surface area contributed by atoms with Crippen LogP contribution in [0.25, 0.3) is 32.0 Å². The van der Waals surface area contributed by atoms with E-state index in [1.165, 1.54) is 4.88 Å². The van der Waals surface area contributed by atoms with E-state index in [-0.39, 0.29) is 18.1 Å². The number of hydrogen-bond donors (Lipinski definition) is 4. The predicted octanol–water partition coefficient (Wildman–Crippen LogP) is 4.26. The van der Waals surface area contributed by atoms with E-state index in [1.807, 2.05) is 24.4 Å². The van der Waals surface area contributed by atoms with Crippen LogP contribution in [0.4, 0.5) is 11.5 Å². The zero-order chi connectivity index (χ0) is 21.5. The molecule has 0 fully saturated rings. The Kier molecular flexibility index (Phi) is 4.79. The lowest BCUT2D eigenvalue weighted by Gasteiger charge is -2.10. The molecular weight excluding hydrogens is 432 g/mol. The van der Waals surface area contributed by atoms with Crippen molar-refractivity contribution in [2.75, 3.05) is 17.2 Å². The zero-order valence-electron chi connectivity index (χ0n) is 16.7. The van der Waals surface area contributed by atoms with Crippen LogP contribution in [0.5, 0.6) is 0 Å². The first-order valence-corrected chi connectivity index (χ1v) is 11.2. The van der Waals surface area contributed by atoms with Gasteiger partial charge >= 0.3 is 5.69 Å². The number of thiophene rings is 2. The van der Waals surface area contributed by atoms with Gasteiger partial charge in [-0.1, -0.05) is 6.07 Å². The molecule has 0 unspecified atom stereocenters. The lowest BCUT2D eigenvalue weighted by molar-refractivity contribution is -0.114. The van der Waals surface area contributed by atoms with Crippen LogP contribution < -0.4 is 16.3 Å². The van der Waals surface area contributed by atoms with E-state index >= 15 is 0 Å². The topological polar surface area (TPSA) is 116 Å². The van der Waals surface area contributed by atoms with Crippen LogP contribution in [0, 0.1) is 13.8 Å². The lowest BCUT2D eigenvalue weighted by atomic mass is 10.2. The number of rotatable bonds is 5. The fourth-order valence-electron chi connectivity index (χ4n) is 3.37. The highest BCUT2D eigenvalue weighted by molar-refractivity contribution is 7.19. The molecule has 4 N–H and O–H groups in total. The van der Waals surface area contributed by atoms with E-state index in [0.29, 0.717) is 28.4 Å². The number of aromatic nitrogens is 4. The predicted molar refractivity (Wildman–Crippen MR) is 126 cm³/mol. The van der Waals surface area contributed by atoms with Gasteiger partial charge in [-0.3, -0.25) is 4.79 Å². The van der Waals surface area contributed by atoms with Crippen LogP contribution in [-0.2, 0) is 4.79 Å². The molecule has 0 aliphatic rings. The Morgan fingerprint density at radius 1 is 1.13 bits per heavy atom. The molecule has 0 saturated carbocycles. The molecular formula is C21H18N6O2S2. The van der Waals surface area contributed by atoms with Gasteiger partial charge in [-0.15, -0.1) is 22.7 Å². The summed E-state index contributed by atoms with van der Waals surface area (Å²) in [6.45, 7) is 4.15. The Labute approximate surface area is 184 Å². The molecule has 1 aromatic carbocycles. The Morgan fingerprint density at radius 2 is 1.97 bits per heavy atom. The van der Waals surface area contributed by atoms with Gasteiger partial charge in [-0.2, -0.15) is 0 Å². The first kappa shape index (κ1) is 19.5. The number of fused-ring (bicyclic) bond motifs is 2. The third kappa shape index (κ3) is 3.71. The van der Waals surface area contributed by atoms with Crippen molar-refractivity contribution in [1.82, 2.24) is 19.9 Å². The summed E-state index contributed by atoms with van der Waals surface area (Å²) in [4.78, 5) is 41.8. The number of hydrogen-bond acceptors (Lipinski definition) is 7. The molecule has 156 valence electrons. The maximum Gasteiger partial charge on any atom is 0.323 e. The fourth-order valence-corrected chi connectivity index (χ4v) is 5.06. The van der Waals surface area contributed by atoms with Gasteiger partial charge in [0.15, 0.2) is 5.82 Å². The molecule has 0 aliphatic heterocycles. The molecule has 4 aromatic heterocycles. The summed E-state index contributed by atoms with van der Waals surface area (Å²) in [6.07, 6.45) is 0. The molecule has 4 heterocycles. The van der Waals surface area contributed by atoms with Gasteiger partial charge in [0.25, 0.3) is 0 Å². The van der Waals surface area contributed by atoms with Gasteiger partial charge in [0.1, 0.15) is 10.6 Å². The standard InChI is InChI=1S/C21H18N6O2S2/c1-10-11(2)31-20-17(10)19(26-18(27-20)15-4-3-7-30-15)22-9-16(28)23-12-5-6-13-14(8-12)25-21(29)24-13/h3-8H,9H2,1-2H3,(H,23,28)(H,22,26,27)(H2,24,25,29). The number of aromatic amines is 2. The minimum absolute atomic E-state index is 0.0476. The van der Waals surface area contributed by atoms with Crippen LogP contribution in [0.1, 0.15) is 10.4 Å². The third-order valence-corrected chi connectivity index (χ3v) is 6.95. The van der Waals surface area contributed by atoms with Gasteiger partial charge in [-0.05, 0) is 49.1 Å². The highest BCUT2D eigenvalue weighted by Gasteiger charge is 2.16. The molecule has 0 atom stereocenters. The summed E-state index contributed by atoms with van der Waals surface area (Å²) in [7, 11) is 0. The number of carbonyl (C=O) groups is 1. The van der Waals surface area contributed by atoms with Crippen molar-refractivity contribution < 1.29 is 4.79 Å². The number of anilines is 2. The molecule has 8 nitrogen and oxygen atoms in total. The van der Waals surface area contributed by atoms with Crippen molar-refractivity contribution in [3.05, 3.63) is 56.6 Å². The summed E-state index contributed by atoms with van der Waals surface area (Å²) in [5, 5.41) is 8.97. The number of imidazole rings is 1. The van der Waals surface area contributed by atoms with E-state index in [1.54, 1.807) is 40.9 Å². The molecule has 5 aromatic rings. The van der Waals surface area contributed by atoms with Gasteiger partial charge < -0.3 is 20.6 Å². The molecule has 0 saturated heterocycles.